The maximum atomic E-state index is 12.0. The summed E-state index contributed by atoms with van der Waals surface area (Å²) in [6.45, 7) is 5.45. The van der Waals surface area contributed by atoms with Gasteiger partial charge in [-0.1, -0.05) is 0 Å². The van der Waals surface area contributed by atoms with Crippen molar-refractivity contribution in [2.24, 2.45) is 11.7 Å². The monoisotopic (exact) mass is 280 g/mol. The summed E-state index contributed by atoms with van der Waals surface area (Å²) in [5, 5.41) is 3.27. The van der Waals surface area contributed by atoms with Crippen molar-refractivity contribution in [1.82, 2.24) is 15.1 Å². The molecule has 2 heterocycles. The van der Waals surface area contributed by atoms with E-state index in [4.69, 9.17) is 5.73 Å². The Balaban J connectivity index is 1.69. The quantitative estimate of drug-likeness (QED) is 0.745. The van der Waals surface area contributed by atoms with Crippen molar-refractivity contribution < 1.29 is 4.79 Å². The molecule has 2 saturated heterocycles. The highest BCUT2D eigenvalue weighted by atomic mass is 16.1. The molecule has 0 bridgehead atoms. The van der Waals surface area contributed by atoms with Crippen molar-refractivity contribution in [3.05, 3.63) is 0 Å². The first-order valence-electron chi connectivity index (χ1n) is 8.11. The average molecular weight is 280 g/mol. The highest BCUT2D eigenvalue weighted by Crippen LogP contribution is 2.40. The van der Waals surface area contributed by atoms with Gasteiger partial charge < -0.3 is 11.1 Å². The summed E-state index contributed by atoms with van der Waals surface area (Å²) in [6.07, 6.45) is 6.11. The lowest BCUT2D eigenvalue weighted by atomic mass is 9.91. The summed E-state index contributed by atoms with van der Waals surface area (Å²) in [5.41, 5.74) is 5.24. The van der Waals surface area contributed by atoms with Gasteiger partial charge in [0.25, 0.3) is 0 Å². The second-order valence-electron chi connectivity index (χ2n) is 6.78. The molecule has 3 fully saturated rings. The minimum atomic E-state index is -0.506. The molecule has 0 spiro atoms. The van der Waals surface area contributed by atoms with E-state index < -0.39 is 5.54 Å². The number of hydrogen-bond acceptors (Lipinski definition) is 4. The highest BCUT2D eigenvalue weighted by Gasteiger charge is 2.50. The molecule has 2 atom stereocenters. The van der Waals surface area contributed by atoms with Crippen molar-refractivity contribution in [2.45, 2.75) is 43.7 Å². The van der Waals surface area contributed by atoms with Gasteiger partial charge in [-0.15, -0.1) is 0 Å². The molecular weight excluding hydrogens is 252 g/mol. The fourth-order valence-electron chi connectivity index (χ4n) is 4.17. The maximum Gasteiger partial charge on any atom is 0.239 e. The molecule has 1 saturated carbocycles. The Labute approximate surface area is 121 Å². The van der Waals surface area contributed by atoms with E-state index in [-0.39, 0.29) is 5.91 Å². The summed E-state index contributed by atoms with van der Waals surface area (Å²) in [7, 11) is 1.89. The summed E-state index contributed by atoms with van der Waals surface area (Å²) in [6, 6.07) is 0.694. The van der Waals surface area contributed by atoms with Gasteiger partial charge in [-0.25, -0.2) is 0 Å². The molecule has 0 aromatic heterocycles. The van der Waals surface area contributed by atoms with Crippen LogP contribution in [0.1, 0.15) is 32.1 Å². The zero-order valence-corrected chi connectivity index (χ0v) is 12.6. The number of likely N-dealkylation sites (N-methyl/N-ethyl adjacent to an activating group) is 1. The molecule has 1 aliphatic carbocycles. The van der Waals surface area contributed by atoms with E-state index >= 15 is 0 Å². The number of fused-ring (bicyclic) bond motifs is 1. The maximum absolute atomic E-state index is 12.0. The number of primary amides is 1. The predicted octanol–water partition coefficient (Wildman–Crippen LogP) is 0.0100. The number of carbonyl (C=O) groups excluding carboxylic acids is 1. The summed E-state index contributed by atoms with van der Waals surface area (Å²) in [4.78, 5) is 17.2. The van der Waals surface area contributed by atoms with Crippen molar-refractivity contribution in [2.75, 3.05) is 39.8 Å². The smallest absolute Gasteiger partial charge is 0.239 e. The largest absolute Gasteiger partial charge is 0.368 e. The molecule has 5 nitrogen and oxygen atoms in total. The third-order valence-electron chi connectivity index (χ3n) is 5.52. The number of amides is 1. The number of hydrogen-bond donors (Lipinski definition) is 2. The van der Waals surface area contributed by atoms with Crippen LogP contribution in [0.3, 0.4) is 0 Å². The third kappa shape index (κ3) is 2.59. The standard InChI is InChI=1S/C15H28N4O/c1-17-15(14(16)20,12-5-6-12)11-18-7-3-9-19-8-2-4-13(19)10-18/h12-13,17H,2-11H2,1H3,(H2,16,20). The molecule has 3 N–H and O–H groups in total. The summed E-state index contributed by atoms with van der Waals surface area (Å²) >= 11 is 0. The third-order valence-corrected chi connectivity index (χ3v) is 5.52. The SMILES string of the molecule is CNC(CN1CCCN2CCCC2C1)(C(N)=O)C1CC1. The molecule has 0 radical (unpaired) electrons. The first-order valence-corrected chi connectivity index (χ1v) is 8.11. The molecular formula is C15H28N4O. The highest BCUT2D eigenvalue weighted by molar-refractivity contribution is 5.86. The van der Waals surface area contributed by atoms with E-state index in [2.05, 4.69) is 15.1 Å². The van der Waals surface area contributed by atoms with E-state index in [0.29, 0.717) is 12.0 Å². The van der Waals surface area contributed by atoms with Crippen LogP contribution in [0.25, 0.3) is 0 Å². The minimum absolute atomic E-state index is 0.171. The minimum Gasteiger partial charge on any atom is -0.368 e. The van der Waals surface area contributed by atoms with Gasteiger partial charge in [0, 0.05) is 19.1 Å². The first-order chi connectivity index (χ1) is 9.65. The Bertz CT molecular complexity index is 371. The van der Waals surface area contributed by atoms with Crippen molar-refractivity contribution in [1.29, 1.82) is 0 Å². The van der Waals surface area contributed by atoms with Crippen LogP contribution in [0.5, 0.6) is 0 Å². The van der Waals surface area contributed by atoms with Gasteiger partial charge in [-0.3, -0.25) is 14.6 Å². The van der Waals surface area contributed by atoms with E-state index in [0.717, 1.165) is 32.5 Å². The van der Waals surface area contributed by atoms with Gasteiger partial charge in [0.2, 0.25) is 5.91 Å². The van der Waals surface area contributed by atoms with Gasteiger partial charge >= 0.3 is 0 Å². The van der Waals surface area contributed by atoms with Crippen molar-refractivity contribution >= 4 is 5.91 Å². The number of rotatable bonds is 5. The molecule has 1 amide bonds. The lowest BCUT2D eigenvalue weighted by Crippen LogP contribution is -2.62. The number of nitrogens with one attached hydrogen (secondary N) is 1. The topological polar surface area (TPSA) is 61.6 Å². The predicted molar refractivity (Wildman–Crippen MR) is 79.4 cm³/mol. The van der Waals surface area contributed by atoms with Crippen LogP contribution >= 0.6 is 0 Å². The van der Waals surface area contributed by atoms with E-state index in [1.165, 1.54) is 32.4 Å². The molecule has 2 unspecified atom stereocenters. The van der Waals surface area contributed by atoms with Crippen LogP contribution in [0.2, 0.25) is 0 Å². The Kier molecular flexibility index (Phi) is 4.02. The van der Waals surface area contributed by atoms with Crippen LogP contribution in [0, 0.1) is 5.92 Å². The number of nitrogens with zero attached hydrogens (tertiary/aromatic N) is 2. The molecule has 5 heteroatoms. The number of carbonyl (C=O) groups is 1. The lowest BCUT2D eigenvalue weighted by Gasteiger charge is -2.36. The normalized spacial score (nSPS) is 31.6. The molecule has 0 aromatic carbocycles. The Morgan fingerprint density at radius 1 is 1.25 bits per heavy atom. The van der Waals surface area contributed by atoms with Crippen LogP contribution in [0.15, 0.2) is 0 Å². The van der Waals surface area contributed by atoms with E-state index in [1.54, 1.807) is 0 Å². The van der Waals surface area contributed by atoms with Gasteiger partial charge in [0.15, 0.2) is 0 Å². The summed E-state index contributed by atoms with van der Waals surface area (Å²) < 4.78 is 0. The Morgan fingerprint density at radius 2 is 2.00 bits per heavy atom. The average Bonchev–Trinajstić information content (AvgIpc) is 3.21. The van der Waals surface area contributed by atoms with Gasteiger partial charge in [-0.05, 0) is 64.7 Å². The molecule has 20 heavy (non-hydrogen) atoms. The Morgan fingerprint density at radius 3 is 2.65 bits per heavy atom. The molecule has 2 aliphatic heterocycles. The van der Waals surface area contributed by atoms with Crippen LogP contribution in [-0.4, -0.2) is 67.1 Å². The zero-order chi connectivity index (χ0) is 14.2. The lowest BCUT2D eigenvalue weighted by molar-refractivity contribution is -0.126. The number of nitrogens with two attached hydrogens (primary N) is 1. The summed E-state index contributed by atoms with van der Waals surface area (Å²) in [5.74, 6) is 0.267. The van der Waals surface area contributed by atoms with Crippen molar-refractivity contribution in [3.63, 3.8) is 0 Å². The fraction of sp³-hybridized carbons (Fsp3) is 0.933. The zero-order valence-electron chi connectivity index (χ0n) is 12.6. The second kappa shape index (κ2) is 5.62. The van der Waals surface area contributed by atoms with E-state index in [1.807, 2.05) is 7.05 Å². The molecule has 3 aliphatic rings. The van der Waals surface area contributed by atoms with Crippen LogP contribution in [0.4, 0.5) is 0 Å². The second-order valence-corrected chi connectivity index (χ2v) is 6.78. The molecule has 114 valence electrons. The first kappa shape index (κ1) is 14.3. The Hall–Kier alpha value is -0.650. The van der Waals surface area contributed by atoms with Gasteiger partial charge in [-0.2, -0.15) is 0 Å². The van der Waals surface area contributed by atoms with Gasteiger partial charge in [0.1, 0.15) is 5.54 Å². The molecule has 3 rings (SSSR count). The van der Waals surface area contributed by atoms with E-state index in [9.17, 15) is 4.79 Å². The van der Waals surface area contributed by atoms with Crippen LogP contribution in [-0.2, 0) is 4.79 Å². The van der Waals surface area contributed by atoms with Crippen molar-refractivity contribution in [3.8, 4) is 0 Å². The fourth-order valence-corrected chi connectivity index (χ4v) is 4.17. The van der Waals surface area contributed by atoms with Gasteiger partial charge in [0.05, 0.1) is 0 Å². The van der Waals surface area contributed by atoms with Crippen LogP contribution < -0.4 is 11.1 Å². The molecule has 0 aromatic rings.